The van der Waals surface area contributed by atoms with Crippen molar-refractivity contribution in [3.05, 3.63) is 57.4 Å². The summed E-state index contributed by atoms with van der Waals surface area (Å²) >= 11 is 0. The van der Waals surface area contributed by atoms with Gasteiger partial charge in [0.2, 0.25) is 5.78 Å². The van der Waals surface area contributed by atoms with Crippen molar-refractivity contribution in [1.82, 2.24) is 4.98 Å². The highest BCUT2D eigenvalue weighted by atomic mass is 16.5. The van der Waals surface area contributed by atoms with Crippen LogP contribution in [0, 0.1) is 27.7 Å². The number of aliphatic hydroxyl groups excluding tert-OH is 1. The van der Waals surface area contributed by atoms with E-state index in [1.54, 1.807) is 39.8 Å². The molecule has 0 saturated carbocycles. The minimum absolute atomic E-state index is 0.242. The molecule has 0 fully saturated rings. The van der Waals surface area contributed by atoms with Crippen LogP contribution in [0.3, 0.4) is 0 Å². The Balaban J connectivity index is 2.18. The molecule has 2 atom stereocenters. The van der Waals surface area contributed by atoms with Gasteiger partial charge in [-0.25, -0.2) is 4.79 Å². The van der Waals surface area contributed by atoms with E-state index in [0.29, 0.717) is 22.4 Å². The van der Waals surface area contributed by atoms with Gasteiger partial charge < -0.3 is 14.8 Å². The van der Waals surface area contributed by atoms with Crippen LogP contribution in [0.2, 0.25) is 0 Å². The van der Waals surface area contributed by atoms with Crippen LogP contribution in [0.25, 0.3) is 0 Å². The number of aromatic nitrogens is 1. The van der Waals surface area contributed by atoms with Crippen molar-refractivity contribution >= 4 is 11.8 Å². The van der Waals surface area contributed by atoms with Crippen LogP contribution < -0.4 is 0 Å². The number of H-pyrrole nitrogens is 1. The number of hydrogen-bond donors (Lipinski definition) is 2. The smallest absolute Gasteiger partial charge is 0.355 e. The average molecular weight is 343 g/mol. The first-order valence-electron chi connectivity index (χ1n) is 8.33. The lowest BCUT2D eigenvalue weighted by molar-refractivity contribution is 0.0313. The number of rotatable bonds is 5. The molecule has 2 aromatic rings. The van der Waals surface area contributed by atoms with Gasteiger partial charge in [0, 0.05) is 16.8 Å². The second-order valence-electron chi connectivity index (χ2n) is 6.55. The molecule has 5 heteroatoms. The van der Waals surface area contributed by atoms with Gasteiger partial charge in [-0.15, -0.1) is 0 Å². The SMILES string of the molecule is Cc1ccc(C(=O)[C@@H](C)OC(=O)c2[nH]c(C)c([C@@H](C)O)c2C)cc1C. The molecule has 5 nitrogen and oxygen atoms in total. The zero-order chi connectivity index (χ0) is 18.9. The standard InChI is InChI=1S/C20H25NO4/c1-10-7-8-16(9-11(10)2)19(23)15(6)25-20(24)18-12(3)17(14(5)22)13(4)21-18/h7-9,14-15,21-22H,1-6H3/t14-,15-/m1/s1. The molecule has 134 valence electrons. The van der Waals surface area contributed by atoms with Crippen molar-refractivity contribution in [2.45, 2.75) is 53.8 Å². The Morgan fingerprint density at radius 3 is 2.24 bits per heavy atom. The molecule has 0 unspecified atom stereocenters. The topological polar surface area (TPSA) is 79.4 Å². The van der Waals surface area contributed by atoms with E-state index in [2.05, 4.69) is 4.98 Å². The van der Waals surface area contributed by atoms with Gasteiger partial charge in [0.15, 0.2) is 6.10 Å². The number of aromatic amines is 1. The minimum atomic E-state index is -0.896. The van der Waals surface area contributed by atoms with Gasteiger partial charge in [-0.3, -0.25) is 4.79 Å². The molecule has 0 aliphatic heterocycles. The van der Waals surface area contributed by atoms with Gasteiger partial charge in [0.05, 0.1) is 6.10 Å². The fourth-order valence-corrected chi connectivity index (χ4v) is 3.00. The summed E-state index contributed by atoms with van der Waals surface area (Å²) in [6.45, 7) is 10.7. The Morgan fingerprint density at radius 1 is 1.08 bits per heavy atom. The molecule has 0 amide bonds. The Labute approximate surface area is 148 Å². The van der Waals surface area contributed by atoms with Gasteiger partial charge in [-0.1, -0.05) is 12.1 Å². The molecule has 2 N–H and O–H groups in total. The normalized spacial score (nSPS) is 13.4. The third kappa shape index (κ3) is 3.82. The molecule has 0 bridgehead atoms. The summed E-state index contributed by atoms with van der Waals surface area (Å²) in [4.78, 5) is 27.9. The molecule has 2 rings (SSSR count). The molecule has 0 saturated heterocycles. The second-order valence-corrected chi connectivity index (χ2v) is 6.55. The van der Waals surface area contributed by atoms with Crippen LogP contribution in [0.1, 0.15) is 68.7 Å². The third-order valence-corrected chi connectivity index (χ3v) is 4.56. The number of Topliss-reactive ketones (excluding diaryl/α,β-unsaturated/α-hetero) is 1. The predicted molar refractivity (Wildman–Crippen MR) is 96.0 cm³/mol. The minimum Gasteiger partial charge on any atom is -0.450 e. The van der Waals surface area contributed by atoms with Gasteiger partial charge in [-0.2, -0.15) is 0 Å². The maximum Gasteiger partial charge on any atom is 0.355 e. The van der Waals surface area contributed by atoms with E-state index in [9.17, 15) is 14.7 Å². The molecule has 0 spiro atoms. The number of aliphatic hydroxyl groups is 1. The van der Waals surface area contributed by atoms with E-state index in [0.717, 1.165) is 11.1 Å². The van der Waals surface area contributed by atoms with Crippen molar-refractivity contribution < 1.29 is 19.4 Å². The maximum atomic E-state index is 12.5. The zero-order valence-electron chi connectivity index (χ0n) is 15.6. The van der Waals surface area contributed by atoms with Gasteiger partial charge in [-0.05, 0) is 64.3 Å². The van der Waals surface area contributed by atoms with Crippen molar-refractivity contribution in [1.29, 1.82) is 0 Å². The first-order chi connectivity index (χ1) is 11.6. The average Bonchev–Trinajstić information content (AvgIpc) is 2.84. The summed E-state index contributed by atoms with van der Waals surface area (Å²) in [5, 5.41) is 9.82. The first-order valence-corrected chi connectivity index (χ1v) is 8.33. The number of esters is 1. The number of ether oxygens (including phenoxy) is 1. The maximum absolute atomic E-state index is 12.5. The molecule has 1 aromatic carbocycles. The summed E-state index contributed by atoms with van der Waals surface area (Å²) < 4.78 is 5.35. The van der Waals surface area contributed by atoms with E-state index in [1.807, 2.05) is 19.9 Å². The summed E-state index contributed by atoms with van der Waals surface area (Å²) in [7, 11) is 0. The fourth-order valence-electron chi connectivity index (χ4n) is 3.00. The molecular weight excluding hydrogens is 318 g/mol. The molecular formula is C20H25NO4. The van der Waals surface area contributed by atoms with E-state index < -0.39 is 18.2 Å². The number of ketones is 1. The number of benzene rings is 1. The van der Waals surface area contributed by atoms with E-state index in [1.165, 1.54) is 0 Å². The third-order valence-electron chi connectivity index (χ3n) is 4.56. The summed E-state index contributed by atoms with van der Waals surface area (Å²) in [5.41, 5.74) is 4.95. The first kappa shape index (κ1) is 18.9. The van der Waals surface area contributed by atoms with Crippen LogP contribution in [0.4, 0.5) is 0 Å². The zero-order valence-corrected chi connectivity index (χ0v) is 15.6. The number of carbonyl (C=O) groups excluding carboxylic acids is 2. The van der Waals surface area contributed by atoms with Crippen molar-refractivity contribution in [2.75, 3.05) is 0 Å². The molecule has 0 radical (unpaired) electrons. The van der Waals surface area contributed by atoms with Gasteiger partial charge in [0.25, 0.3) is 0 Å². The summed E-state index contributed by atoms with van der Waals surface area (Å²) in [6.07, 6.45) is -1.58. The van der Waals surface area contributed by atoms with Crippen molar-refractivity contribution in [3.63, 3.8) is 0 Å². The second kappa shape index (κ2) is 7.23. The molecule has 1 aromatic heterocycles. The van der Waals surface area contributed by atoms with E-state index in [-0.39, 0.29) is 11.5 Å². The monoisotopic (exact) mass is 343 g/mol. The van der Waals surface area contributed by atoms with Gasteiger partial charge in [0.1, 0.15) is 5.69 Å². The molecule has 0 aliphatic carbocycles. The van der Waals surface area contributed by atoms with E-state index in [4.69, 9.17) is 4.74 Å². The number of hydrogen-bond acceptors (Lipinski definition) is 4. The highest BCUT2D eigenvalue weighted by Crippen LogP contribution is 2.25. The number of carbonyl (C=O) groups is 2. The summed E-state index contributed by atoms with van der Waals surface area (Å²) in [5.74, 6) is -0.842. The van der Waals surface area contributed by atoms with Crippen LogP contribution in [0.15, 0.2) is 18.2 Å². The fraction of sp³-hybridized carbons (Fsp3) is 0.400. The highest BCUT2D eigenvalue weighted by molar-refractivity contribution is 6.01. The molecule has 1 heterocycles. The molecule has 0 aliphatic rings. The van der Waals surface area contributed by atoms with Crippen molar-refractivity contribution in [3.8, 4) is 0 Å². The molecule has 25 heavy (non-hydrogen) atoms. The number of nitrogens with one attached hydrogen (secondary N) is 1. The lowest BCUT2D eigenvalue weighted by atomic mass is 10.0. The summed E-state index contributed by atoms with van der Waals surface area (Å²) in [6, 6.07) is 5.42. The van der Waals surface area contributed by atoms with Crippen LogP contribution in [-0.2, 0) is 4.74 Å². The van der Waals surface area contributed by atoms with Crippen molar-refractivity contribution in [2.24, 2.45) is 0 Å². The lowest BCUT2D eigenvalue weighted by Gasteiger charge is -2.13. The highest BCUT2D eigenvalue weighted by Gasteiger charge is 2.25. The van der Waals surface area contributed by atoms with Crippen LogP contribution >= 0.6 is 0 Å². The lowest BCUT2D eigenvalue weighted by Crippen LogP contribution is -2.25. The Kier molecular flexibility index (Phi) is 5.48. The Bertz CT molecular complexity index is 817. The van der Waals surface area contributed by atoms with Gasteiger partial charge >= 0.3 is 5.97 Å². The van der Waals surface area contributed by atoms with Crippen LogP contribution in [-0.4, -0.2) is 27.9 Å². The Hall–Kier alpha value is -2.40. The van der Waals surface area contributed by atoms with E-state index >= 15 is 0 Å². The largest absolute Gasteiger partial charge is 0.450 e. The predicted octanol–water partition coefficient (Wildman–Crippen LogP) is 3.73. The quantitative estimate of drug-likeness (QED) is 0.640. The number of aryl methyl sites for hydroxylation is 3. The Morgan fingerprint density at radius 2 is 1.72 bits per heavy atom. The van der Waals surface area contributed by atoms with Crippen LogP contribution in [0.5, 0.6) is 0 Å².